The van der Waals surface area contributed by atoms with Gasteiger partial charge in [0, 0.05) is 23.5 Å². The Morgan fingerprint density at radius 2 is 1.57 bits per heavy atom. The van der Waals surface area contributed by atoms with Gasteiger partial charge in [0.25, 0.3) is 5.91 Å². The number of aromatic nitrogens is 3. The Hall–Kier alpha value is -3.85. The summed E-state index contributed by atoms with van der Waals surface area (Å²) in [5.41, 5.74) is 1.50. The summed E-state index contributed by atoms with van der Waals surface area (Å²) in [5, 5.41) is -0.741. The minimum atomic E-state index is -5.07. The molecule has 0 saturated carbocycles. The van der Waals surface area contributed by atoms with E-state index in [0.717, 1.165) is 18.3 Å². The molecule has 35 heavy (non-hydrogen) atoms. The van der Waals surface area contributed by atoms with Crippen molar-refractivity contribution in [2.24, 2.45) is 0 Å². The number of hydrogen-bond donors (Lipinski definition) is 2. The molecule has 0 aliphatic rings. The largest absolute Gasteiger partial charge is 0.417 e. The van der Waals surface area contributed by atoms with Gasteiger partial charge in [-0.2, -0.15) is 39.5 Å². The second kappa shape index (κ2) is 9.42. The van der Waals surface area contributed by atoms with Crippen LogP contribution < -0.4 is 15.8 Å². The summed E-state index contributed by atoms with van der Waals surface area (Å²) in [6.07, 6.45) is -11.6. The summed E-state index contributed by atoms with van der Waals surface area (Å²) in [7, 11) is 0. The van der Waals surface area contributed by atoms with Crippen molar-refractivity contribution >= 4 is 28.3 Å². The number of hydrazine groups is 1. The maximum absolute atomic E-state index is 13.7. The smallest absolute Gasteiger partial charge is 0.353 e. The number of hydrogen-bond acceptors (Lipinski definition) is 6. The van der Waals surface area contributed by atoms with Gasteiger partial charge in [0.1, 0.15) is 24.6 Å². The van der Waals surface area contributed by atoms with Gasteiger partial charge in [0.05, 0.1) is 17.3 Å². The molecule has 16 heteroatoms. The molecule has 0 fully saturated rings. The van der Waals surface area contributed by atoms with Crippen LogP contribution in [0.4, 0.5) is 51.0 Å². The molecule has 3 aromatic rings. The Morgan fingerprint density at radius 1 is 0.914 bits per heavy atom. The maximum atomic E-state index is 13.7. The molecule has 1 aromatic carbocycles. The molecule has 3 rings (SSSR count). The van der Waals surface area contributed by atoms with Crippen molar-refractivity contribution in [2.45, 2.75) is 18.5 Å². The Morgan fingerprint density at radius 3 is 2.11 bits per heavy atom. The van der Waals surface area contributed by atoms with Crippen LogP contribution in [0.25, 0.3) is 10.9 Å². The summed E-state index contributed by atoms with van der Waals surface area (Å²) in [5.74, 6) is -1.36. The third kappa shape index (κ3) is 7.07. The number of nitrogens with zero attached hydrogens (tertiary/aromatic N) is 4. The van der Waals surface area contributed by atoms with Crippen LogP contribution in [0, 0.1) is 0 Å². The quantitative estimate of drug-likeness (QED) is 0.367. The maximum Gasteiger partial charge on any atom is 0.417 e. The van der Waals surface area contributed by atoms with Crippen LogP contribution in [-0.2, 0) is 6.18 Å². The van der Waals surface area contributed by atoms with Crippen LogP contribution >= 0.6 is 0 Å². The molecule has 0 bridgehead atoms. The molecule has 7 nitrogen and oxygen atoms in total. The summed E-state index contributed by atoms with van der Waals surface area (Å²) < 4.78 is 118. The molecule has 188 valence electrons. The minimum absolute atomic E-state index is 0.132. The predicted octanol–water partition coefficient (Wildman–Crippen LogP) is 4.73. The van der Waals surface area contributed by atoms with E-state index in [1.54, 1.807) is 0 Å². The number of amides is 1. The lowest BCUT2D eigenvalue weighted by molar-refractivity contribution is -0.138. The van der Waals surface area contributed by atoms with Crippen molar-refractivity contribution in [3.05, 3.63) is 54.1 Å². The second-order valence-corrected chi connectivity index (χ2v) is 7.01. The average Bonchev–Trinajstić information content (AvgIpc) is 2.74. The predicted molar refractivity (Wildman–Crippen MR) is 104 cm³/mol. The van der Waals surface area contributed by atoms with Crippen molar-refractivity contribution in [1.29, 1.82) is 0 Å². The van der Waals surface area contributed by atoms with Crippen molar-refractivity contribution in [3.8, 4) is 0 Å². The average molecular weight is 512 g/mol. The molecule has 0 spiro atoms. The summed E-state index contributed by atoms with van der Waals surface area (Å²) in [6, 6.07) is 2.62. The fourth-order valence-corrected chi connectivity index (χ4v) is 2.98. The van der Waals surface area contributed by atoms with Gasteiger partial charge in [-0.1, -0.05) is 0 Å². The third-order valence-electron chi connectivity index (χ3n) is 4.30. The van der Waals surface area contributed by atoms with Crippen molar-refractivity contribution in [3.63, 3.8) is 0 Å². The normalized spacial score (nSPS) is 12.5. The van der Waals surface area contributed by atoms with Crippen LogP contribution in [0.5, 0.6) is 0 Å². The standard InChI is InChI=1S/C19H13F9N6O/c20-17(21,22)8-34(9-18(23,24)25)10-1-2-13-11(5-10)12(19(26,27)28)6-15(31-13)32-33-16(35)14-7-29-3-4-30-14/h1-7H,8-9H2,(H,31,32)(H,33,35). The highest BCUT2D eigenvalue weighted by atomic mass is 19.4. The number of alkyl halides is 9. The van der Waals surface area contributed by atoms with Gasteiger partial charge < -0.3 is 4.90 Å². The van der Waals surface area contributed by atoms with E-state index in [1.807, 2.05) is 0 Å². The Bertz CT molecular complexity index is 1180. The molecule has 2 N–H and O–H groups in total. The molecule has 2 heterocycles. The minimum Gasteiger partial charge on any atom is -0.353 e. The van der Waals surface area contributed by atoms with Crippen LogP contribution in [0.3, 0.4) is 0 Å². The van der Waals surface area contributed by atoms with E-state index in [-0.39, 0.29) is 10.6 Å². The van der Waals surface area contributed by atoms with Gasteiger partial charge >= 0.3 is 18.5 Å². The zero-order valence-electron chi connectivity index (χ0n) is 17.1. The van der Waals surface area contributed by atoms with E-state index in [9.17, 15) is 44.3 Å². The SMILES string of the molecule is O=C(NNc1cc(C(F)(F)F)c2cc(N(CC(F)(F)F)CC(F)(F)F)ccc2n1)c1cnccn1. The van der Waals surface area contributed by atoms with E-state index < -0.39 is 65.5 Å². The zero-order valence-corrected chi connectivity index (χ0v) is 17.1. The molecule has 1 amide bonds. The van der Waals surface area contributed by atoms with Crippen molar-refractivity contribution in [2.75, 3.05) is 23.4 Å². The van der Waals surface area contributed by atoms with Gasteiger partial charge in [-0.3, -0.25) is 20.6 Å². The molecule has 0 atom stereocenters. The van der Waals surface area contributed by atoms with Gasteiger partial charge in [-0.15, -0.1) is 0 Å². The summed E-state index contributed by atoms with van der Waals surface area (Å²) in [6.45, 7) is -4.08. The number of carbonyl (C=O) groups excluding carboxylic acids is 1. The first-order valence-corrected chi connectivity index (χ1v) is 9.35. The Balaban J connectivity index is 1.99. The lowest BCUT2D eigenvalue weighted by Crippen LogP contribution is -2.40. The number of halogens is 9. The molecule has 0 radical (unpaired) electrons. The zero-order chi connectivity index (χ0) is 26.0. The molecule has 0 aliphatic carbocycles. The summed E-state index contributed by atoms with van der Waals surface area (Å²) >= 11 is 0. The third-order valence-corrected chi connectivity index (χ3v) is 4.30. The second-order valence-electron chi connectivity index (χ2n) is 7.01. The van der Waals surface area contributed by atoms with Crippen LogP contribution in [0.2, 0.25) is 0 Å². The number of carbonyl (C=O) groups is 1. The molecule has 0 unspecified atom stereocenters. The molecule has 0 saturated heterocycles. The molecule has 2 aromatic heterocycles. The summed E-state index contributed by atoms with van der Waals surface area (Å²) in [4.78, 5) is 23.1. The fraction of sp³-hybridized carbons (Fsp3) is 0.263. The number of nitrogens with one attached hydrogen (secondary N) is 2. The van der Waals surface area contributed by atoms with E-state index in [0.29, 0.717) is 12.1 Å². The molecule has 0 aliphatic heterocycles. The van der Waals surface area contributed by atoms with E-state index >= 15 is 0 Å². The fourth-order valence-electron chi connectivity index (χ4n) is 2.98. The first-order chi connectivity index (χ1) is 16.1. The van der Waals surface area contributed by atoms with Gasteiger partial charge in [0.15, 0.2) is 0 Å². The van der Waals surface area contributed by atoms with Crippen LogP contribution in [0.1, 0.15) is 16.1 Å². The number of anilines is 2. The van der Waals surface area contributed by atoms with Gasteiger partial charge in [0.2, 0.25) is 0 Å². The number of pyridine rings is 1. The monoisotopic (exact) mass is 512 g/mol. The Labute approximate surface area is 189 Å². The lowest BCUT2D eigenvalue weighted by atomic mass is 10.1. The lowest BCUT2D eigenvalue weighted by Gasteiger charge is -2.27. The van der Waals surface area contributed by atoms with Gasteiger partial charge in [-0.05, 0) is 24.3 Å². The van der Waals surface area contributed by atoms with Crippen LogP contribution in [-0.4, -0.2) is 46.3 Å². The highest BCUT2D eigenvalue weighted by Gasteiger charge is 2.38. The number of benzene rings is 1. The van der Waals surface area contributed by atoms with Crippen molar-refractivity contribution < 1.29 is 44.3 Å². The number of rotatable bonds is 6. The number of fused-ring (bicyclic) bond motifs is 1. The van der Waals surface area contributed by atoms with Crippen molar-refractivity contribution in [1.82, 2.24) is 20.4 Å². The molecular formula is C19H13F9N6O. The molecular weight excluding hydrogens is 499 g/mol. The highest BCUT2D eigenvalue weighted by molar-refractivity contribution is 5.93. The Kier molecular flexibility index (Phi) is 6.94. The van der Waals surface area contributed by atoms with E-state index in [1.165, 1.54) is 12.4 Å². The highest BCUT2D eigenvalue weighted by Crippen LogP contribution is 2.38. The van der Waals surface area contributed by atoms with Gasteiger partial charge in [-0.25, -0.2) is 9.97 Å². The first-order valence-electron chi connectivity index (χ1n) is 9.35. The van der Waals surface area contributed by atoms with E-state index in [2.05, 4.69) is 25.8 Å². The van der Waals surface area contributed by atoms with E-state index in [4.69, 9.17) is 0 Å². The first kappa shape index (κ1) is 25.8. The van der Waals surface area contributed by atoms with Crippen LogP contribution in [0.15, 0.2) is 42.9 Å². The topological polar surface area (TPSA) is 83.0 Å².